The Bertz CT molecular complexity index is 256. The molecule has 7 heteroatoms. The smallest absolute Gasteiger partial charge is 0.487 e. The molecule has 0 amide bonds. The molecule has 1 aromatic carbocycles. The minimum atomic E-state index is -0.500. The molecular weight excluding hydrogens is 205 g/mol. The number of benzene rings is 1. The molecule has 0 aliphatic carbocycles. The fourth-order valence-corrected chi connectivity index (χ4v) is 0.550. The van der Waals surface area contributed by atoms with E-state index in [9.17, 15) is 10.1 Å². The van der Waals surface area contributed by atoms with E-state index in [1.807, 2.05) is 0 Å². The third-order valence-corrected chi connectivity index (χ3v) is 0.967. The van der Waals surface area contributed by atoms with Crippen LogP contribution < -0.4 is 29.6 Å². The van der Waals surface area contributed by atoms with Crippen LogP contribution in [0.5, 0.6) is 0 Å². The molecule has 0 aromatic heterocycles. The largest absolute Gasteiger partial charge is 1.00 e. The van der Waals surface area contributed by atoms with E-state index in [0.717, 1.165) is 0 Å². The van der Waals surface area contributed by atoms with Gasteiger partial charge in [-0.3, -0.25) is 10.1 Å². The molecule has 0 radical (unpaired) electrons. The van der Waals surface area contributed by atoms with Crippen LogP contribution in [0.15, 0.2) is 30.3 Å². The average molecular weight is 211 g/mol. The van der Waals surface area contributed by atoms with Gasteiger partial charge in [-0.05, 0) is 0 Å². The number of nitrogens with zero attached hydrogens (tertiary/aromatic N) is 1. The fourth-order valence-electron chi connectivity index (χ4n) is 0.550. The van der Waals surface area contributed by atoms with Crippen molar-refractivity contribution in [2.45, 2.75) is 0 Å². The molecule has 5 nitrogen and oxygen atoms in total. The molecule has 1 N–H and O–H groups in total. The zero-order valence-electron chi connectivity index (χ0n) is 6.91. The van der Waals surface area contributed by atoms with Crippen molar-refractivity contribution < 1.29 is 43.2 Å². The number of hydrogen-bond donors (Lipinski definition) is 1. The van der Waals surface area contributed by atoms with Crippen LogP contribution in [0.1, 0.15) is 0 Å². The maximum absolute atomic E-state index is 10.0. The predicted molar refractivity (Wildman–Crippen MR) is 43.8 cm³/mol. The van der Waals surface area contributed by atoms with Gasteiger partial charge in [0, 0.05) is 12.1 Å². The van der Waals surface area contributed by atoms with Crippen molar-refractivity contribution in [3.8, 4) is 0 Å². The summed E-state index contributed by atoms with van der Waals surface area (Å²) in [5, 5.41) is 10.0. The number of rotatable bonds is 1. The second kappa shape index (κ2) is 9.82. The zero-order valence-corrected chi connectivity index (χ0v) is 9.73. The minimum absolute atomic E-state index is 0. The van der Waals surface area contributed by atoms with Crippen LogP contribution >= 0.6 is 0 Å². The molecule has 0 aliphatic rings. The summed E-state index contributed by atoms with van der Waals surface area (Å²) < 4.78 is 15.3. The van der Waals surface area contributed by atoms with E-state index in [-0.39, 0.29) is 35.2 Å². The molecule has 13 heavy (non-hydrogen) atoms. The van der Waals surface area contributed by atoms with Gasteiger partial charge in [0.2, 0.25) is 0 Å². The van der Waals surface area contributed by atoms with E-state index in [1.54, 1.807) is 18.2 Å². The molecule has 0 aliphatic heterocycles. The van der Waals surface area contributed by atoms with Crippen molar-refractivity contribution in [3.63, 3.8) is 0 Å². The van der Waals surface area contributed by atoms with E-state index in [0.29, 0.717) is 0 Å². The Kier molecular flexibility index (Phi) is 11.5. The van der Waals surface area contributed by atoms with Crippen LogP contribution in [-0.4, -0.2) is 9.48 Å². The Morgan fingerprint density at radius 2 is 1.69 bits per heavy atom. The molecule has 0 saturated heterocycles. The van der Waals surface area contributed by atoms with Crippen LogP contribution in [0.4, 0.5) is 5.69 Å². The van der Waals surface area contributed by atoms with Crippen molar-refractivity contribution in [1.29, 1.82) is 0 Å². The van der Waals surface area contributed by atoms with Crippen molar-refractivity contribution in [2.24, 2.45) is 0 Å². The maximum Gasteiger partial charge on any atom is 1.00 e. The molecule has 66 valence electrons. The Morgan fingerprint density at radius 1 is 1.31 bits per heavy atom. The zero-order chi connectivity index (χ0) is 9.40. The van der Waals surface area contributed by atoms with Gasteiger partial charge in [-0.1, -0.05) is 18.2 Å². The van der Waals surface area contributed by atoms with E-state index < -0.39 is 16.9 Å². The summed E-state index contributed by atoms with van der Waals surface area (Å²) in [5.41, 5.74) is 0.137. The number of para-hydroxylation sites is 1. The van der Waals surface area contributed by atoms with Gasteiger partial charge in [0.25, 0.3) is 5.69 Å². The number of nitro benzene ring substituents is 1. The Balaban J connectivity index is 0. The van der Waals surface area contributed by atoms with E-state index in [2.05, 4.69) is 0 Å². The first-order chi connectivity index (χ1) is 5.72. The first-order valence-electron chi connectivity index (χ1n) is 2.85. The number of nitro groups is 1. The standard InChI is InChI=1S/C6H5NO2.Na.HO2S/c8-7(9)6-4-2-1-3-5-6;;1-3-2/h1-5H;;(H,1,2)/q;+1;-1. The summed E-state index contributed by atoms with van der Waals surface area (Å²) in [5.74, 6) is 0. The van der Waals surface area contributed by atoms with Gasteiger partial charge in [0.1, 0.15) is 0 Å². The first-order valence-corrected chi connectivity index (χ1v) is 3.55. The molecule has 0 unspecified atom stereocenters. The second-order valence-corrected chi connectivity index (χ2v) is 1.82. The molecular formula is C6H6NNaO4S. The van der Waals surface area contributed by atoms with Crippen molar-refractivity contribution in [3.05, 3.63) is 40.4 Å². The fraction of sp³-hybridized carbons (Fsp3) is 0. The number of non-ortho nitro benzene ring substituents is 1. The normalized spacial score (nSPS) is 7.46. The summed E-state index contributed by atoms with van der Waals surface area (Å²) in [6.07, 6.45) is 0. The quantitative estimate of drug-likeness (QED) is 0.201. The van der Waals surface area contributed by atoms with Crippen LogP contribution in [0.3, 0.4) is 0 Å². The van der Waals surface area contributed by atoms with Crippen LogP contribution in [0.25, 0.3) is 0 Å². The summed E-state index contributed by atoms with van der Waals surface area (Å²) in [6.45, 7) is 0. The Labute approximate surface area is 101 Å². The van der Waals surface area contributed by atoms with Gasteiger partial charge < -0.3 is 8.76 Å². The van der Waals surface area contributed by atoms with E-state index in [4.69, 9.17) is 8.76 Å². The van der Waals surface area contributed by atoms with Gasteiger partial charge in [-0.25, -0.2) is 11.9 Å². The molecule has 0 saturated carbocycles. The SMILES string of the molecule is O=[N+]([O-])c1ccccc1.O=[S-]O.[Na+]. The maximum atomic E-state index is 10.0. The van der Waals surface area contributed by atoms with E-state index >= 15 is 0 Å². The van der Waals surface area contributed by atoms with Crippen molar-refractivity contribution in [1.82, 2.24) is 0 Å². The molecule has 0 fully saturated rings. The van der Waals surface area contributed by atoms with Gasteiger partial charge >= 0.3 is 29.6 Å². The Hall–Kier alpha value is -0.270. The van der Waals surface area contributed by atoms with Gasteiger partial charge in [-0.15, -0.1) is 0 Å². The summed E-state index contributed by atoms with van der Waals surface area (Å²) in [6, 6.07) is 7.93. The number of hydrogen-bond acceptors (Lipinski definition) is 4. The molecule has 0 spiro atoms. The molecule has 0 bridgehead atoms. The second-order valence-electron chi connectivity index (χ2n) is 1.67. The molecule has 0 atom stereocenters. The molecule has 0 heterocycles. The third kappa shape index (κ3) is 8.07. The minimum Gasteiger partial charge on any atom is -0.487 e. The van der Waals surface area contributed by atoms with Crippen molar-refractivity contribution in [2.75, 3.05) is 0 Å². The van der Waals surface area contributed by atoms with Crippen LogP contribution in [-0.2, 0) is 16.2 Å². The van der Waals surface area contributed by atoms with Crippen molar-refractivity contribution >= 4 is 17.6 Å². The molecule has 1 rings (SSSR count). The first kappa shape index (κ1) is 15.2. The topological polar surface area (TPSA) is 80.4 Å². The average Bonchev–Trinajstić information content (AvgIpc) is 2.07. The summed E-state index contributed by atoms with van der Waals surface area (Å²) in [4.78, 5) is 9.59. The van der Waals surface area contributed by atoms with Crippen LogP contribution in [0, 0.1) is 10.1 Å². The van der Waals surface area contributed by atoms with Crippen LogP contribution in [0.2, 0.25) is 0 Å². The molecule has 1 aromatic rings. The van der Waals surface area contributed by atoms with Gasteiger partial charge in [0.15, 0.2) is 0 Å². The summed E-state index contributed by atoms with van der Waals surface area (Å²) in [7, 11) is 0. The van der Waals surface area contributed by atoms with Gasteiger partial charge in [-0.2, -0.15) is 0 Å². The third-order valence-electron chi connectivity index (χ3n) is 0.967. The monoisotopic (exact) mass is 211 g/mol. The Morgan fingerprint density at radius 3 is 1.92 bits per heavy atom. The summed E-state index contributed by atoms with van der Waals surface area (Å²) >= 11 is -0.500. The van der Waals surface area contributed by atoms with E-state index in [1.165, 1.54) is 12.1 Å². The predicted octanol–water partition coefficient (Wildman–Crippen LogP) is -1.51. The van der Waals surface area contributed by atoms with Gasteiger partial charge in [0.05, 0.1) is 4.92 Å².